The first kappa shape index (κ1) is 28.8. The van der Waals surface area contributed by atoms with Gasteiger partial charge in [0.05, 0.1) is 26.9 Å². The van der Waals surface area contributed by atoms with Gasteiger partial charge in [-0.3, -0.25) is 4.48 Å². The Balaban J connectivity index is 1.36. The Labute approximate surface area is 246 Å². The first-order valence-electron chi connectivity index (χ1n) is 13.0. The quantitative estimate of drug-likeness (QED) is 0.241. The lowest BCUT2D eigenvalue weighted by Gasteiger charge is -2.47. The average molecular weight is 594 g/mol. The van der Waals surface area contributed by atoms with E-state index in [1.165, 1.54) is 29.8 Å². The molecule has 4 aromatic rings. The summed E-state index contributed by atoms with van der Waals surface area (Å²) in [5.74, 6) is 7.07. The Morgan fingerprint density at radius 2 is 2.07 bits per heavy atom. The standard InChI is InChI=1S/C30H29ClFN5O3S/c1-30(2,3)37(29(38)39)15-20(33)12-22(37)8-9-23-14-24-27(34-17-35-28(24)41-23)36-21-7-10-26(25(31)13-21)40-16-18-5-4-6-19(32)11-18/h4-7,10-11,13-14,17,20,22H,12,15-16,33H2,1-3H3,(H-,34,35,36,38,39)/t20-,22+,37?/m1/s1. The van der Waals surface area contributed by atoms with E-state index >= 15 is 0 Å². The van der Waals surface area contributed by atoms with Gasteiger partial charge in [0.2, 0.25) is 0 Å². The van der Waals surface area contributed by atoms with Crippen LogP contribution in [0.4, 0.5) is 20.7 Å². The van der Waals surface area contributed by atoms with Crippen molar-refractivity contribution in [3.8, 4) is 17.6 Å². The zero-order valence-corrected chi connectivity index (χ0v) is 24.4. The molecule has 2 aromatic heterocycles. The van der Waals surface area contributed by atoms with E-state index in [2.05, 4.69) is 27.1 Å². The Hall–Kier alpha value is -3.75. The molecule has 3 N–H and O–H groups in total. The zero-order valence-electron chi connectivity index (χ0n) is 22.8. The Bertz CT molecular complexity index is 1680. The maximum atomic E-state index is 13.4. The van der Waals surface area contributed by atoms with Gasteiger partial charge in [-0.05, 0) is 74.6 Å². The monoisotopic (exact) mass is 593 g/mol. The van der Waals surface area contributed by atoms with Crippen LogP contribution in [0, 0.1) is 17.7 Å². The molecule has 0 aliphatic carbocycles. The van der Waals surface area contributed by atoms with E-state index in [1.807, 2.05) is 26.8 Å². The van der Waals surface area contributed by atoms with Crippen LogP contribution < -0.4 is 20.9 Å². The number of carboxylic acid groups (broad SMARTS) is 1. The van der Waals surface area contributed by atoms with Crippen LogP contribution in [0.5, 0.6) is 5.75 Å². The highest BCUT2D eigenvalue weighted by atomic mass is 35.5. The van der Waals surface area contributed by atoms with Gasteiger partial charge < -0.3 is 25.7 Å². The molecule has 1 unspecified atom stereocenters. The number of likely N-dealkylation sites (tertiary alicyclic amines) is 1. The van der Waals surface area contributed by atoms with Gasteiger partial charge in [0, 0.05) is 12.1 Å². The molecule has 0 saturated carbocycles. The van der Waals surface area contributed by atoms with Crippen LogP contribution in [0.1, 0.15) is 37.6 Å². The number of hydrogen-bond donors (Lipinski definition) is 2. The lowest BCUT2D eigenvalue weighted by Crippen LogP contribution is -2.70. The van der Waals surface area contributed by atoms with E-state index in [4.69, 9.17) is 22.1 Å². The van der Waals surface area contributed by atoms with E-state index in [0.717, 1.165) is 15.1 Å². The highest BCUT2D eigenvalue weighted by molar-refractivity contribution is 7.19. The van der Waals surface area contributed by atoms with Crippen molar-refractivity contribution in [1.29, 1.82) is 0 Å². The Kier molecular flexibility index (Phi) is 7.90. The molecule has 1 saturated heterocycles. The molecule has 8 nitrogen and oxygen atoms in total. The molecule has 1 amide bonds. The average Bonchev–Trinajstić information content (AvgIpc) is 3.48. The first-order valence-corrected chi connectivity index (χ1v) is 14.2. The fourth-order valence-corrected chi connectivity index (χ4v) is 6.31. The number of anilines is 2. The second-order valence-corrected chi connectivity index (χ2v) is 12.4. The number of nitrogens with two attached hydrogens (primary N) is 1. The van der Waals surface area contributed by atoms with Crippen LogP contribution in [0.25, 0.3) is 10.2 Å². The first-order chi connectivity index (χ1) is 19.5. The van der Waals surface area contributed by atoms with E-state index in [1.54, 1.807) is 30.3 Å². The number of hydrogen-bond acceptors (Lipinski definition) is 8. The maximum absolute atomic E-state index is 13.4. The van der Waals surface area contributed by atoms with Crippen LogP contribution in [-0.4, -0.2) is 44.7 Å². The molecule has 0 spiro atoms. The van der Waals surface area contributed by atoms with Crippen molar-refractivity contribution in [2.75, 3.05) is 11.9 Å². The van der Waals surface area contributed by atoms with E-state index in [9.17, 15) is 14.3 Å². The van der Waals surface area contributed by atoms with Crippen molar-refractivity contribution < 1.29 is 23.5 Å². The van der Waals surface area contributed by atoms with Crippen molar-refractivity contribution in [1.82, 2.24) is 9.97 Å². The summed E-state index contributed by atoms with van der Waals surface area (Å²) >= 11 is 7.86. The summed E-state index contributed by atoms with van der Waals surface area (Å²) in [6.45, 7) is 6.07. The van der Waals surface area contributed by atoms with Gasteiger partial charge in [-0.25, -0.2) is 14.4 Å². The summed E-state index contributed by atoms with van der Waals surface area (Å²) in [7, 11) is 0. The van der Waals surface area contributed by atoms with Gasteiger partial charge in [-0.1, -0.05) is 23.7 Å². The molecule has 1 aliphatic heterocycles. The normalized spacial score (nSPS) is 20.4. The summed E-state index contributed by atoms with van der Waals surface area (Å²) in [6, 6.07) is 12.6. The summed E-state index contributed by atoms with van der Waals surface area (Å²) in [6.07, 6.45) is 0.769. The Morgan fingerprint density at radius 1 is 1.27 bits per heavy atom. The molecule has 3 heterocycles. The van der Waals surface area contributed by atoms with E-state index in [-0.39, 0.29) is 29.5 Å². The van der Waals surface area contributed by atoms with Crippen LogP contribution in [0.15, 0.2) is 54.9 Å². The number of nitrogens with zero attached hydrogens (tertiary/aromatic N) is 3. The van der Waals surface area contributed by atoms with Crippen LogP contribution in [0.2, 0.25) is 5.02 Å². The largest absolute Gasteiger partial charge is 0.498 e. The minimum absolute atomic E-state index is 0.182. The van der Waals surface area contributed by atoms with Gasteiger partial charge in [-0.2, -0.15) is 0 Å². The number of ether oxygens (including phenoxy) is 1. The van der Waals surface area contributed by atoms with Gasteiger partial charge in [0.15, 0.2) is 6.04 Å². The SMILES string of the molecule is CC(C)(C)[N+]1(C(=O)[O-])C[C@H](N)C[C@@H]1C#Cc1cc2c(Nc3ccc(OCc4cccc(F)c4)c(Cl)c3)ncnc2s1. The number of carbonyl (C=O) groups is 1. The molecule has 41 heavy (non-hydrogen) atoms. The smallest absolute Gasteiger partial charge is 0.258 e. The third-order valence-electron chi connectivity index (χ3n) is 7.27. The van der Waals surface area contributed by atoms with Crippen LogP contribution in [0.3, 0.4) is 0 Å². The number of quaternary nitrogens is 1. The van der Waals surface area contributed by atoms with Gasteiger partial charge in [0.1, 0.15) is 41.7 Å². The minimum Gasteiger partial charge on any atom is -0.498 e. The number of thiophene rings is 1. The second kappa shape index (κ2) is 11.3. The number of halogens is 2. The molecule has 2 aromatic carbocycles. The number of nitrogens with one attached hydrogen (secondary N) is 1. The highest BCUT2D eigenvalue weighted by Crippen LogP contribution is 2.37. The van der Waals surface area contributed by atoms with Crippen LogP contribution >= 0.6 is 22.9 Å². The fourth-order valence-electron chi connectivity index (χ4n) is 5.22. The van der Waals surface area contributed by atoms with Gasteiger partial charge in [0.25, 0.3) is 6.09 Å². The fraction of sp³-hybridized carbons (Fsp3) is 0.300. The zero-order chi connectivity index (χ0) is 29.4. The minimum atomic E-state index is -1.16. The molecule has 3 atom stereocenters. The van der Waals surface area contributed by atoms with E-state index in [0.29, 0.717) is 34.3 Å². The predicted molar refractivity (Wildman–Crippen MR) is 156 cm³/mol. The number of benzene rings is 2. The molecular formula is C30H29ClFN5O3S. The number of rotatable bonds is 5. The predicted octanol–water partition coefficient (Wildman–Crippen LogP) is 5.22. The Morgan fingerprint density at radius 3 is 2.78 bits per heavy atom. The van der Waals surface area contributed by atoms with Crippen molar-refractivity contribution in [2.24, 2.45) is 5.73 Å². The molecule has 5 rings (SSSR count). The molecule has 212 valence electrons. The molecule has 1 fully saturated rings. The topological polar surface area (TPSA) is 113 Å². The van der Waals surface area contributed by atoms with Gasteiger partial charge in [-0.15, -0.1) is 11.3 Å². The number of carbonyl (C=O) groups excluding carboxylic acids is 1. The maximum Gasteiger partial charge on any atom is 0.258 e. The second-order valence-electron chi connectivity index (χ2n) is 11.0. The van der Waals surface area contributed by atoms with E-state index < -0.39 is 17.7 Å². The summed E-state index contributed by atoms with van der Waals surface area (Å²) in [4.78, 5) is 22.6. The van der Waals surface area contributed by atoms with Gasteiger partial charge >= 0.3 is 0 Å². The lowest BCUT2D eigenvalue weighted by atomic mass is 10.00. The molecule has 11 heteroatoms. The number of aromatic nitrogens is 2. The summed E-state index contributed by atoms with van der Waals surface area (Å²) in [5.41, 5.74) is 6.95. The van der Waals surface area contributed by atoms with Crippen molar-refractivity contribution >= 4 is 50.8 Å². The molecule has 1 aliphatic rings. The molecule has 0 radical (unpaired) electrons. The van der Waals surface area contributed by atoms with Crippen molar-refractivity contribution in [3.63, 3.8) is 0 Å². The number of fused-ring (bicyclic) bond motifs is 1. The number of amides is 1. The molecular weight excluding hydrogens is 565 g/mol. The van der Waals surface area contributed by atoms with Crippen LogP contribution in [-0.2, 0) is 6.61 Å². The third kappa shape index (κ3) is 5.85. The summed E-state index contributed by atoms with van der Waals surface area (Å²) in [5, 5.41) is 16.8. The highest BCUT2D eigenvalue weighted by Gasteiger charge is 2.54. The lowest BCUT2D eigenvalue weighted by molar-refractivity contribution is -0.923. The van der Waals surface area contributed by atoms with Crippen molar-refractivity contribution in [3.05, 3.63) is 76.1 Å². The summed E-state index contributed by atoms with van der Waals surface area (Å²) < 4.78 is 18.9. The molecule has 0 bridgehead atoms. The third-order valence-corrected chi connectivity index (χ3v) is 8.53. The van der Waals surface area contributed by atoms with Crippen molar-refractivity contribution in [2.45, 2.75) is 51.4 Å².